The molecule has 2 aliphatic heterocycles. The van der Waals surface area contributed by atoms with Crippen LogP contribution in [0.3, 0.4) is 0 Å². The molecule has 0 spiro atoms. The van der Waals surface area contributed by atoms with E-state index >= 15 is 0 Å². The Morgan fingerprint density at radius 2 is 1.85 bits per heavy atom. The van der Waals surface area contributed by atoms with Crippen molar-refractivity contribution < 1.29 is 4.79 Å². The van der Waals surface area contributed by atoms with E-state index in [0.29, 0.717) is 23.8 Å². The maximum absolute atomic E-state index is 12.3. The van der Waals surface area contributed by atoms with Crippen LogP contribution in [0.4, 0.5) is 5.69 Å². The Balaban J connectivity index is 1.22. The molecule has 4 nitrogen and oxygen atoms in total. The van der Waals surface area contributed by atoms with Gasteiger partial charge in [0.1, 0.15) is 0 Å². The van der Waals surface area contributed by atoms with Crippen LogP contribution in [0.1, 0.15) is 49.7 Å². The first-order valence-corrected chi connectivity index (χ1v) is 10.9. The lowest BCUT2D eigenvalue weighted by atomic mass is 9.96. The number of nitrogens with zero attached hydrogens (tertiary/aromatic N) is 2. The van der Waals surface area contributed by atoms with Crippen molar-refractivity contribution in [2.24, 2.45) is 11.8 Å². The van der Waals surface area contributed by atoms with Crippen molar-refractivity contribution in [2.45, 2.75) is 58.4 Å². The second-order valence-corrected chi connectivity index (χ2v) is 8.96. The molecule has 1 saturated carbocycles. The largest absolute Gasteiger partial charge is 0.371 e. The van der Waals surface area contributed by atoms with E-state index in [4.69, 9.17) is 0 Å². The van der Waals surface area contributed by atoms with Crippen LogP contribution in [0.5, 0.6) is 0 Å². The summed E-state index contributed by atoms with van der Waals surface area (Å²) in [4.78, 5) is 17.0. The number of aryl methyl sites for hydroxylation is 1. The van der Waals surface area contributed by atoms with E-state index in [1.807, 2.05) is 0 Å². The molecule has 1 unspecified atom stereocenters. The van der Waals surface area contributed by atoms with E-state index < -0.39 is 0 Å². The molecule has 2 saturated heterocycles. The van der Waals surface area contributed by atoms with E-state index in [0.717, 1.165) is 45.6 Å². The number of amides is 1. The van der Waals surface area contributed by atoms with Crippen molar-refractivity contribution in [2.75, 3.05) is 37.6 Å². The molecule has 1 N–H and O–H groups in total. The lowest BCUT2D eigenvalue weighted by molar-refractivity contribution is -0.134. The van der Waals surface area contributed by atoms with Gasteiger partial charge < -0.3 is 15.1 Å². The quantitative estimate of drug-likeness (QED) is 0.863. The van der Waals surface area contributed by atoms with Gasteiger partial charge in [0.15, 0.2) is 0 Å². The zero-order valence-corrected chi connectivity index (χ0v) is 17.0. The summed E-state index contributed by atoms with van der Waals surface area (Å²) in [7, 11) is 0. The third-order valence-electron chi connectivity index (χ3n) is 6.86. The van der Waals surface area contributed by atoms with Gasteiger partial charge in [0.05, 0.1) is 0 Å². The van der Waals surface area contributed by atoms with Crippen molar-refractivity contribution in [3.05, 3.63) is 29.3 Å². The fourth-order valence-electron chi connectivity index (χ4n) is 4.76. The van der Waals surface area contributed by atoms with Gasteiger partial charge in [0, 0.05) is 43.8 Å². The molecule has 4 rings (SSSR count). The van der Waals surface area contributed by atoms with Gasteiger partial charge >= 0.3 is 0 Å². The highest BCUT2D eigenvalue weighted by molar-refractivity contribution is 5.81. The van der Waals surface area contributed by atoms with Gasteiger partial charge in [-0.3, -0.25) is 4.79 Å². The van der Waals surface area contributed by atoms with Crippen LogP contribution in [0.15, 0.2) is 18.2 Å². The van der Waals surface area contributed by atoms with Crippen LogP contribution in [-0.2, 0) is 4.79 Å². The SMILES string of the molecule is Cc1cccc(N2CCC(NCC3CCCN(C(=O)C4CC4)C3)CC2)c1C. The van der Waals surface area contributed by atoms with Crippen molar-refractivity contribution in [1.29, 1.82) is 0 Å². The Hall–Kier alpha value is -1.55. The third-order valence-corrected chi connectivity index (χ3v) is 6.86. The Morgan fingerprint density at radius 3 is 2.59 bits per heavy atom. The Bertz CT molecular complexity index is 662. The van der Waals surface area contributed by atoms with Gasteiger partial charge in [-0.05, 0) is 82.0 Å². The highest BCUT2D eigenvalue weighted by atomic mass is 16.2. The van der Waals surface area contributed by atoms with Gasteiger partial charge in [-0.1, -0.05) is 12.1 Å². The average molecular weight is 370 g/mol. The number of carbonyl (C=O) groups is 1. The van der Waals surface area contributed by atoms with Gasteiger partial charge in [0.2, 0.25) is 5.91 Å². The summed E-state index contributed by atoms with van der Waals surface area (Å²) in [5.74, 6) is 1.44. The van der Waals surface area contributed by atoms with Crippen LogP contribution in [-0.4, -0.2) is 49.6 Å². The minimum absolute atomic E-state index is 0.367. The summed E-state index contributed by atoms with van der Waals surface area (Å²) < 4.78 is 0. The number of hydrogen-bond acceptors (Lipinski definition) is 3. The molecule has 148 valence electrons. The van der Waals surface area contributed by atoms with Crippen molar-refractivity contribution in [3.8, 4) is 0 Å². The smallest absolute Gasteiger partial charge is 0.225 e. The number of anilines is 1. The van der Waals surface area contributed by atoms with E-state index in [-0.39, 0.29) is 0 Å². The standard InChI is InChI=1S/C23H35N3O/c1-17-5-3-7-22(18(17)2)25-13-10-21(11-14-25)24-15-19-6-4-12-26(16-19)23(27)20-8-9-20/h3,5,7,19-21,24H,4,6,8-16H2,1-2H3. The molecular weight excluding hydrogens is 334 g/mol. The second-order valence-electron chi connectivity index (χ2n) is 8.96. The van der Waals surface area contributed by atoms with Gasteiger partial charge in [-0.25, -0.2) is 0 Å². The predicted molar refractivity (Wildman–Crippen MR) is 111 cm³/mol. The van der Waals surface area contributed by atoms with Crippen LogP contribution in [0, 0.1) is 25.7 Å². The summed E-state index contributed by atoms with van der Waals surface area (Å²) in [6.07, 6.45) is 7.11. The summed E-state index contributed by atoms with van der Waals surface area (Å²) >= 11 is 0. The molecule has 4 heteroatoms. The summed E-state index contributed by atoms with van der Waals surface area (Å²) in [6, 6.07) is 7.28. The van der Waals surface area contributed by atoms with E-state index in [2.05, 4.69) is 47.2 Å². The molecule has 2 heterocycles. The monoisotopic (exact) mass is 369 g/mol. The first kappa shape index (κ1) is 18.8. The molecule has 0 aromatic heterocycles. The van der Waals surface area contributed by atoms with Crippen molar-refractivity contribution in [1.82, 2.24) is 10.2 Å². The van der Waals surface area contributed by atoms with Crippen LogP contribution >= 0.6 is 0 Å². The van der Waals surface area contributed by atoms with Crippen molar-refractivity contribution in [3.63, 3.8) is 0 Å². The Labute approximate surface area is 164 Å². The first-order chi connectivity index (χ1) is 13.1. The topological polar surface area (TPSA) is 35.6 Å². The molecule has 1 aromatic carbocycles. The normalized spacial score (nSPS) is 24.3. The maximum Gasteiger partial charge on any atom is 0.225 e. The molecule has 1 atom stereocenters. The average Bonchev–Trinajstić information content (AvgIpc) is 3.54. The van der Waals surface area contributed by atoms with Gasteiger partial charge in [0.25, 0.3) is 0 Å². The van der Waals surface area contributed by atoms with E-state index in [1.165, 1.54) is 42.5 Å². The number of hydrogen-bond donors (Lipinski definition) is 1. The minimum Gasteiger partial charge on any atom is -0.371 e. The second kappa shape index (κ2) is 8.22. The summed E-state index contributed by atoms with van der Waals surface area (Å²) in [5.41, 5.74) is 4.22. The molecule has 1 aromatic rings. The number of rotatable bonds is 5. The van der Waals surface area contributed by atoms with Crippen LogP contribution in [0.2, 0.25) is 0 Å². The highest BCUT2D eigenvalue weighted by Crippen LogP contribution is 2.32. The lowest BCUT2D eigenvalue weighted by Crippen LogP contribution is -2.47. The fraction of sp³-hybridized carbons (Fsp3) is 0.696. The summed E-state index contributed by atoms with van der Waals surface area (Å²) in [5, 5.41) is 3.83. The molecule has 0 bridgehead atoms. The predicted octanol–water partition coefficient (Wildman–Crippen LogP) is 3.51. The lowest BCUT2D eigenvalue weighted by Gasteiger charge is -2.37. The van der Waals surface area contributed by atoms with Crippen molar-refractivity contribution >= 4 is 11.6 Å². The number of carbonyl (C=O) groups excluding carboxylic acids is 1. The number of piperidine rings is 2. The highest BCUT2D eigenvalue weighted by Gasteiger charge is 2.35. The molecule has 3 fully saturated rings. The molecular formula is C23H35N3O. The van der Waals surface area contributed by atoms with Gasteiger partial charge in [-0.2, -0.15) is 0 Å². The third kappa shape index (κ3) is 4.48. The zero-order valence-electron chi connectivity index (χ0n) is 17.0. The Kier molecular flexibility index (Phi) is 5.72. The van der Waals surface area contributed by atoms with Crippen LogP contribution in [0.25, 0.3) is 0 Å². The number of nitrogens with one attached hydrogen (secondary N) is 1. The number of likely N-dealkylation sites (tertiary alicyclic amines) is 1. The molecule has 0 radical (unpaired) electrons. The Morgan fingerprint density at radius 1 is 1.07 bits per heavy atom. The molecule has 1 aliphatic carbocycles. The molecule has 27 heavy (non-hydrogen) atoms. The maximum atomic E-state index is 12.3. The van der Waals surface area contributed by atoms with E-state index in [1.54, 1.807) is 0 Å². The molecule has 3 aliphatic rings. The minimum atomic E-state index is 0.367. The molecule has 1 amide bonds. The fourth-order valence-corrected chi connectivity index (χ4v) is 4.76. The van der Waals surface area contributed by atoms with Crippen LogP contribution < -0.4 is 10.2 Å². The first-order valence-electron chi connectivity index (χ1n) is 10.9. The summed E-state index contributed by atoms with van der Waals surface area (Å²) in [6.45, 7) is 9.76. The van der Waals surface area contributed by atoms with Gasteiger partial charge in [-0.15, -0.1) is 0 Å². The van der Waals surface area contributed by atoms with E-state index in [9.17, 15) is 4.79 Å². The zero-order chi connectivity index (χ0) is 18.8. The number of benzene rings is 1.